The quantitative estimate of drug-likeness (QED) is 0.801. The Morgan fingerprint density at radius 3 is 2.93 bits per heavy atom. The number of carbonyl (C=O) groups is 1. The van der Waals surface area contributed by atoms with Gasteiger partial charge in [0.15, 0.2) is 0 Å². The van der Waals surface area contributed by atoms with Crippen molar-refractivity contribution in [3.63, 3.8) is 0 Å². The predicted molar refractivity (Wildman–Crippen MR) is 52.8 cm³/mol. The zero-order valence-electron chi connectivity index (χ0n) is 8.10. The Morgan fingerprint density at radius 2 is 2.47 bits per heavy atom. The maximum absolute atomic E-state index is 11.8. The minimum absolute atomic E-state index is 0.290. The van der Waals surface area contributed by atoms with Crippen molar-refractivity contribution in [2.75, 3.05) is 5.32 Å². The number of anilines is 1. The molecule has 0 unspecified atom stereocenters. The largest absolute Gasteiger partial charge is 0.298 e. The molecule has 0 saturated heterocycles. The molecule has 0 radical (unpaired) electrons. The highest BCUT2D eigenvalue weighted by molar-refractivity contribution is 7.09. The van der Waals surface area contributed by atoms with Crippen molar-refractivity contribution < 1.29 is 4.79 Å². The molecule has 0 aliphatic heterocycles. The number of amides is 1. The van der Waals surface area contributed by atoms with Gasteiger partial charge in [-0.2, -0.15) is 5.26 Å². The van der Waals surface area contributed by atoms with Gasteiger partial charge in [-0.3, -0.25) is 10.1 Å². The molecule has 1 aliphatic carbocycles. The Morgan fingerprint density at radius 1 is 1.73 bits per heavy atom. The van der Waals surface area contributed by atoms with E-state index in [1.165, 1.54) is 0 Å². The predicted octanol–water partition coefficient (Wildman–Crippen LogP) is 0.811. The van der Waals surface area contributed by atoms with E-state index in [-0.39, 0.29) is 5.91 Å². The van der Waals surface area contributed by atoms with Crippen LogP contribution in [-0.2, 0) is 4.79 Å². The first kappa shape index (κ1) is 9.98. The molecule has 1 aromatic heterocycles. The third-order valence-electron chi connectivity index (χ3n) is 2.56. The fourth-order valence-corrected chi connectivity index (χ4v) is 2.22. The van der Waals surface area contributed by atoms with Gasteiger partial charge in [-0.25, -0.2) is 0 Å². The van der Waals surface area contributed by atoms with Crippen molar-refractivity contribution in [2.24, 2.45) is 11.3 Å². The average molecular weight is 223 g/mol. The van der Waals surface area contributed by atoms with Gasteiger partial charge in [-0.05, 0) is 24.0 Å². The molecular formula is C8H9N5OS. The summed E-state index contributed by atoms with van der Waals surface area (Å²) in [6.45, 7) is 2.02. The van der Waals surface area contributed by atoms with Crippen LogP contribution in [0.4, 0.5) is 5.13 Å². The first-order valence-electron chi connectivity index (χ1n) is 4.54. The summed E-state index contributed by atoms with van der Waals surface area (Å²) in [6, 6.07) is 2.08. The fourth-order valence-electron chi connectivity index (χ4n) is 1.86. The summed E-state index contributed by atoms with van der Waals surface area (Å²) in [7, 11) is 0. The number of nitriles is 1. The van der Waals surface area contributed by atoms with Crippen LogP contribution in [0.3, 0.4) is 0 Å². The van der Waals surface area contributed by atoms with Gasteiger partial charge >= 0.3 is 0 Å². The molecule has 1 heterocycles. The number of aromatic nitrogens is 3. The third kappa shape index (κ3) is 1.68. The van der Waals surface area contributed by atoms with Crippen molar-refractivity contribution in [3.05, 3.63) is 0 Å². The number of nitrogens with one attached hydrogen (secondary N) is 1. The summed E-state index contributed by atoms with van der Waals surface area (Å²) in [5.41, 5.74) is -0.870. The topological polar surface area (TPSA) is 91.6 Å². The van der Waals surface area contributed by atoms with Crippen LogP contribution in [0.2, 0.25) is 0 Å². The first-order chi connectivity index (χ1) is 7.16. The molecule has 1 aromatic rings. The van der Waals surface area contributed by atoms with Gasteiger partial charge in [0, 0.05) is 11.5 Å². The van der Waals surface area contributed by atoms with E-state index in [2.05, 4.69) is 26.2 Å². The molecule has 1 N–H and O–H groups in total. The van der Waals surface area contributed by atoms with E-state index in [1.54, 1.807) is 0 Å². The lowest BCUT2D eigenvalue weighted by atomic mass is 9.63. The van der Waals surface area contributed by atoms with Gasteiger partial charge in [0.2, 0.25) is 11.0 Å². The lowest BCUT2D eigenvalue weighted by molar-refractivity contribution is -0.128. The number of hydrogen-bond acceptors (Lipinski definition) is 6. The molecule has 7 heteroatoms. The molecule has 0 spiro atoms. The van der Waals surface area contributed by atoms with Crippen molar-refractivity contribution in [2.45, 2.75) is 19.8 Å². The van der Waals surface area contributed by atoms with Crippen LogP contribution in [0, 0.1) is 22.7 Å². The molecule has 1 saturated carbocycles. The van der Waals surface area contributed by atoms with Gasteiger partial charge in [-0.15, -0.1) is 0 Å². The molecule has 0 atom stereocenters. The Kier molecular flexibility index (Phi) is 2.36. The maximum Gasteiger partial charge on any atom is 0.246 e. The van der Waals surface area contributed by atoms with Gasteiger partial charge < -0.3 is 0 Å². The number of nitrogens with zero attached hydrogens (tertiary/aromatic N) is 4. The third-order valence-corrected chi connectivity index (χ3v) is 3.07. The Balaban J connectivity index is 2.05. The van der Waals surface area contributed by atoms with E-state index in [4.69, 9.17) is 5.26 Å². The summed E-state index contributed by atoms with van der Waals surface area (Å²) in [4.78, 5) is 11.8. The standard InChI is InChI=1S/C8H9N5OS/c1-5-2-8(3-5,4-9)6(14)10-7-11-12-13-15-7/h5H,2-3H2,1H3,(H,10,11,13,14). The average Bonchev–Trinajstić information content (AvgIpc) is 2.64. The maximum atomic E-state index is 11.8. The molecule has 6 nitrogen and oxygen atoms in total. The minimum atomic E-state index is -0.870. The molecule has 0 bridgehead atoms. The summed E-state index contributed by atoms with van der Waals surface area (Å²) in [5, 5.41) is 18.9. The van der Waals surface area contributed by atoms with Gasteiger partial charge in [-0.1, -0.05) is 16.5 Å². The van der Waals surface area contributed by atoms with Crippen LogP contribution in [0.1, 0.15) is 19.8 Å². The van der Waals surface area contributed by atoms with Crippen LogP contribution in [0.5, 0.6) is 0 Å². The lowest BCUT2D eigenvalue weighted by Crippen LogP contribution is -2.45. The summed E-state index contributed by atoms with van der Waals surface area (Å²) < 4.78 is 3.52. The Hall–Kier alpha value is -1.55. The van der Waals surface area contributed by atoms with Gasteiger partial charge in [0.25, 0.3) is 0 Å². The molecule has 1 amide bonds. The Labute approximate surface area is 90.5 Å². The highest BCUT2D eigenvalue weighted by Gasteiger charge is 2.49. The van der Waals surface area contributed by atoms with Gasteiger partial charge in [0.05, 0.1) is 6.07 Å². The zero-order valence-corrected chi connectivity index (χ0v) is 8.91. The summed E-state index contributed by atoms with van der Waals surface area (Å²) in [5.74, 6) is 0.143. The first-order valence-corrected chi connectivity index (χ1v) is 5.31. The highest BCUT2D eigenvalue weighted by Crippen LogP contribution is 2.45. The molecule has 15 heavy (non-hydrogen) atoms. The summed E-state index contributed by atoms with van der Waals surface area (Å²) >= 11 is 1.000. The summed E-state index contributed by atoms with van der Waals surface area (Å²) in [6.07, 6.45) is 1.23. The van der Waals surface area contributed by atoms with Crippen LogP contribution in [-0.4, -0.2) is 20.7 Å². The van der Waals surface area contributed by atoms with E-state index in [1.807, 2.05) is 6.92 Å². The Bertz CT molecular complexity index is 403. The van der Waals surface area contributed by atoms with Gasteiger partial charge in [0.1, 0.15) is 5.41 Å². The van der Waals surface area contributed by atoms with Crippen molar-refractivity contribution in [3.8, 4) is 6.07 Å². The molecule has 0 aromatic carbocycles. The highest BCUT2D eigenvalue weighted by atomic mass is 32.1. The SMILES string of the molecule is CC1CC(C#N)(C(=O)Nc2nnns2)C1. The normalized spacial score (nSPS) is 28.9. The number of rotatable bonds is 2. The van der Waals surface area contributed by atoms with Crippen molar-refractivity contribution >= 4 is 22.6 Å². The zero-order chi connectivity index (χ0) is 10.9. The van der Waals surface area contributed by atoms with Crippen LogP contribution >= 0.6 is 11.5 Å². The molecule has 2 rings (SSSR count). The number of carbonyl (C=O) groups excluding carboxylic acids is 1. The van der Waals surface area contributed by atoms with Crippen molar-refractivity contribution in [1.82, 2.24) is 14.8 Å². The van der Waals surface area contributed by atoms with E-state index in [0.29, 0.717) is 23.9 Å². The van der Waals surface area contributed by atoms with E-state index in [9.17, 15) is 4.79 Å². The number of hydrogen-bond donors (Lipinski definition) is 1. The molecule has 1 fully saturated rings. The van der Waals surface area contributed by atoms with E-state index < -0.39 is 5.41 Å². The van der Waals surface area contributed by atoms with E-state index >= 15 is 0 Å². The second-order valence-electron chi connectivity index (χ2n) is 3.83. The molecule has 1 aliphatic rings. The minimum Gasteiger partial charge on any atom is -0.298 e. The second kappa shape index (κ2) is 3.55. The smallest absolute Gasteiger partial charge is 0.246 e. The van der Waals surface area contributed by atoms with E-state index in [0.717, 1.165) is 11.5 Å². The fraction of sp³-hybridized carbons (Fsp3) is 0.625. The van der Waals surface area contributed by atoms with Crippen molar-refractivity contribution in [1.29, 1.82) is 5.26 Å². The van der Waals surface area contributed by atoms with Crippen LogP contribution in [0.25, 0.3) is 0 Å². The molecule has 78 valence electrons. The van der Waals surface area contributed by atoms with Crippen LogP contribution in [0.15, 0.2) is 0 Å². The molecular weight excluding hydrogens is 214 g/mol. The van der Waals surface area contributed by atoms with Crippen LogP contribution < -0.4 is 5.32 Å². The lowest BCUT2D eigenvalue weighted by Gasteiger charge is -2.38. The monoisotopic (exact) mass is 223 g/mol. The second-order valence-corrected chi connectivity index (χ2v) is 4.56.